The minimum Gasteiger partial charge on any atom is -0.488 e. The number of rotatable bonds is 6. The van der Waals surface area contributed by atoms with Crippen molar-refractivity contribution in [1.82, 2.24) is 19.9 Å². The Kier molecular flexibility index (Phi) is 6.95. The lowest BCUT2D eigenvalue weighted by molar-refractivity contribution is -0.0349. The van der Waals surface area contributed by atoms with Gasteiger partial charge in [0.15, 0.2) is 10.8 Å². The normalized spacial score (nSPS) is 16.8. The zero-order valence-corrected chi connectivity index (χ0v) is 23.7. The first-order chi connectivity index (χ1) is 19.2. The molecule has 3 aromatic heterocycles. The number of anilines is 2. The monoisotopic (exact) mass is 560 g/mol. The Balaban J connectivity index is 1.14. The molecule has 0 radical (unpaired) electrons. The largest absolute Gasteiger partial charge is 0.488 e. The summed E-state index contributed by atoms with van der Waals surface area (Å²) in [5.74, 6) is 1.87. The Hall–Kier alpha value is -3.93. The molecule has 10 nitrogen and oxygen atoms in total. The number of nitrogens with zero attached hydrogens (tertiary/aromatic N) is 3. The molecule has 40 heavy (non-hydrogen) atoms. The highest BCUT2D eigenvalue weighted by atomic mass is 32.1. The van der Waals surface area contributed by atoms with Crippen molar-refractivity contribution in [1.29, 1.82) is 0 Å². The van der Waals surface area contributed by atoms with Gasteiger partial charge in [-0.25, -0.2) is 9.78 Å². The fourth-order valence-corrected chi connectivity index (χ4v) is 5.55. The van der Waals surface area contributed by atoms with Crippen molar-refractivity contribution in [3.8, 4) is 17.0 Å². The lowest BCUT2D eigenvalue weighted by Gasteiger charge is -2.29. The molecule has 1 aliphatic heterocycles. The molecule has 6 rings (SSSR count). The van der Waals surface area contributed by atoms with Crippen molar-refractivity contribution in [2.24, 2.45) is 0 Å². The molecule has 208 valence electrons. The molecule has 11 heteroatoms. The fraction of sp³-hybridized carbons (Fsp3) is 0.345. The summed E-state index contributed by atoms with van der Waals surface area (Å²) < 4.78 is 20.6. The smallest absolute Gasteiger partial charge is 0.324 e. The first kappa shape index (κ1) is 26.3. The molecule has 2 aromatic carbocycles. The summed E-state index contributed by atoms with van der Waals surface area (Å²) in [6.07, 6.45) is 1.99. The van der Waals surface area contributed by atoms with Crippen molar-refractivity contribution in [2.75, 3.05) is 30.3 Å². The van der Waals surface area contributed by atoms with Crippen LogP contribution < -0.4 is 20.7 Å². The second-order valence-corrected chi connectivity index (χ2v) is 11.9. The summed E-state index contributed by atoms with van der Waals surface area (Å²) in [5, 5.41) is 12.8. The van der Waals surface area contributed by atoms with Crippen LogP contribution >= 0.6 is 11.3 Å². The van der Waals surface area contributed by atoms with Crippen LogP contribution in [0.3, 0.4) is 0 Å². The summed E-state index contributed by atoms with van der Waals surface area (Å²) in [6.45, 7) is 10.5. The number of amides is 2. The van der Waals surface area contributed by atoms with Gasteiger partial charge in [0, 0.05) is 48.1 Å². The quantitative estimate of drug-likeness (QED) is 0.237. The molecule has 2 unspecified atom stereocenters. The second kappa shape index (κ2) is 10.6. The molecule has 1 saturated heterocycles. The van der Waals surface area contributed by atoms with E-state index in [-0.39, 0.29) is 17.6 Å². The molecule has 2 atom stereocenters. The van der Waals surface area contributed by atoms with Crippen molar-refractivity contribution in [2.45, 2.75) is 45.3 Å². The number of hydrogen-bond donors (Lipinski definition) is 3. The SMILES string of the molecule is CC(Oc1ccc2sc3nc(-c4ccc(NC(=O)Nc5cc(C(C)(C)C)on5)cc4)cn3c2c1)C1CNCCO1. The van der Waals surface area contributed by atoms with Crippen LogP contribution in [0.5, 0.6) is 5.75 Å². The van der Waals surface area contributed by atoms with Gasteiger partial charge in [-0.3, -0.25) is 9.72 Å². The maximum atomic E-state index is 12.4. The minimum absolute atomic E-state index is 0.0268. The van der Waals surface area contributed by atoms with Crippen molar-refractivity contribution in [3.05, 3.63) is 60.5 Å². The highest BCUT2D eigenvalue weighted by Gasteiger charge is 2.23. The molecule has 0 spiro atoms. The Morgan fingerprint density at radius 2 is 2.00 bits per heavy atom. The molecule has 0 bridgehead atoms. The summed E-state index contributed by atoms with van der Waals surface area (Å²) >= 11 is 1.63. The third kappa shape index (κ3) is 5.53. The van der Waals surface area contributed by atoms with Crippen LogP contribution in [-0.4, -0.2) is 52.5 Å². The van der Waals surface area contributed by atoms with Gasteiger partial charge < -0.3 is 24.6 Å². The van der Waals surface area contributed by atoms with Crippen LogP contribution in [0.4, 0.5) is 16.3 Å². The zero-order chi connectivity index (χ0) is 27.9. The van der Waals surface area contributed by atoms with E-state index in [0.29, 0.717) is 23.9 Å². The number of benzene rings is 2. The molecule has 0 saturated carbocycles. The van der Waals surface area contributed by atoms with Crippen molar-refractivity contribution < 1.29 is 18.8 Å². The van der Waals surface area contributed by atoms with Crippen LogP contribution in [0.15, 0.2) is 59.3 Å². The van der Waals surface area contributed by atoms with Gasteiger partial charge in [-0.15, -0.1) is 0 Å². The number of imidazole rings is 1. The number of fused-ring (bicyclic) bond motifs is 3. The summed E-state index contributed by atoms with van der Waals surface area (Å²) in [6, 6.07) is 15.0. The molecule has 3 N–H and O–H groups in total. The van der Waals surface area contributed by atoms with E-state index < -0.39 is 6.03 Å². The standard InChI is InChI=1S/C29H32N6O4S/c1-17(23-15-30-11-12-37-23)38-20-9-10-24-22(13-20)35-16-21(32-28(35)40-24)18-5-7-19(8-6-18)31-27(36)33-26-14-25(39-34-26)29(2,3)4/h5-10,13-14,16-17,23,30H,11-12,15H2,1-4H3,(H2,31,33,34,36). The topological polar surface area (TPSA) is 115 Å². The molecule has 1 fully saturated rings. The molecule has 5 aromatic rings. The highest BCUT2D eigenvalue weighted by molar-refractivity contribution is 7.23. The molecule has 1 aliphatic rings. The summed E-state index contributed by atoms with van der Waals surface area (Å²) in [4.78, 5) is 18.2. The fourth-order valence-electron chi connectivity index (χ4n) is 4.56. The molecule has 2 amide bonds. The molecular weight excluding hydrogens is 528 g/mol. The first-order valence-corrected chi connectivity index (χ1v) is 14.1. The van der Waals surface area contributed by atoms with Crippen LogP contribution in [-0.2, 0) is 10.2 Å². The lowest BCUT2D eigenvalue weighted by Crippen LogP contribution is -2.46. The van der Waals surface area contributed by atoms with E-state index in [1.807, 2.05) is 64.2 Å². The molecular formula is C29H32N6O4S. The molecule has 4 heterocycles. The lowest BCUT2D eigenvalue weighted by atomic mass is 9.93. The number of urea groups is 1. The first-order valence-electron chi connectivity index (χ1n) is 13.3. The zero-order valence-electron chi connectivity index (χ0n) is 22.9. The Morgan fingerprint density at radius 3 is 2.73 bits per heavy atom. The highest BCUT2D eigenvalue weighted by Crippen LogP contribution is 2.32. The van der Waals surface area contributed by atoms with Crippen LogP contribution in [0.25, 0.3) is 26.4 Å². The second-order valence-electron chi connectivity index (χ2n) is 10.9. The summed E-state index contributed by atoms with van der Waals surface area (Å²) in [5.41, 5.74) is 3.31. The Morgan fingerprint density at radius 1 is 1.18 bits per heavy atom. The van der Waals surface area contributed by atoms with Gasteiger partial charge in [-0.2, -0.15) is 0 Å². The van der Waals surface area contributed by atoms with Gasteiger partial charge in [0.25, 0.3) is 0 Å². The number of thiazole rings is 1. The van der Waals surface area contributed by atoms with E-state index in [2.05, 4.69) is 37.6 Å². The Labute approximate surface area is 235 Å². The maximum Gasteiger partial charge on any atom is 0.324 e. The number of aromatic nitrogens is 3. The van der Waals surface area contributed by atoms with Crippen LogP contribution in [0.1, 0.15) is 33.5 Å². The van der Waals surface area contributed by atoms with Crippen LogP contribution in [0, 0.1) is 0 Å². The third-order valence-corrected chi connectivity index (χ3v) is 7.83. The number of carbonyl (C=O) groups is 1. The number of morpholine rings is 1. The van der Waals surface area contributed by atoms with E-state index in [1.54, 1.807) is 17.4 Å². The number of carbonyl (C=O) groups excluding carboxylic acids is 1. The van der Waals surface area contributed by atoms with Gasteiger partial charge in [0.05, 0.1) is 22.5 Å². The maximum absolute atomic E-state index is 12.4. The van der Waals surface area contributed by atoms with Gasteiger partial charge in [-0.1, -0.05) is 49.4 Å². The van der Waals surface area contributed by atoms with E-state index in [1.165, 1.54) is 0 Å². The van der Waals surface area contributed by atoms with Crippen molar-refractivity contribution >= 4 is 44.1 Å². The van der Waals surface area contributed by atoms with Crippen LogP contribution in [0.2, 0.25) is 0 Å². The number of ether oxygens (including phenoxy) is 2. The van der Waals surface area contributed by atoms with E-state index >= 15 is 0 Å². The van der Waals surface area contributed by atoms with Gasteiger partial charge in [0.1, 0.15) is 23.7 Å². The summed E-state index contributed by atoms with van der Waals surface area (Å²) in [7, 11) is 0. The minimum atomic E-state index is -0.394. The predicted molar refractivity (Wildman–Crippen MR) is 157 cm³/mol. The number of hydrogen-bond acceptors (Lipinski definition) is 8. The average molecular weight is 561 g/mol. The van der Waals surface area contributed by atoms with Crippen molar-refractivity contribution in [3.63, 3.8) is 0 Å². The van der Waals surface area contributed by atoms with Gasteiger partial charge in [0.2, 0.25) is 0 Å². The van der Waals surface area contributed by atoms with Gasteiger partial charge >= 0.3 is 6.03 Å². The predicted octanol–water partition coefficient (Wildman–Crippen LogP) is 5.90. The van der Waals surface area contributed by atoms with Gasteiger partial charge in [-0.05, 0) is 31.2 Å². The van der Waals surface area contributed by atoms with E-state index in [4.69, 9.17) is 19.0 Å². The number of nitrogens with one attached hydrogen (secondary N) is 3. The molecule has 0 aliphatic carbocycles. The van der Waals surface area contributed by atoms with E-state index in [9.17, 15) is 4.79 Å². The Bertz CT molecular complexity index is 1640. The average Bonchev–Trinajstić information content (AvgIpc) is 3.65. The third-order valence-electron chi connectivity index (χ3n) is 6.80. The van der Waals surface area contributed by atoms with E-state index in [0.717, 1.165) is 45.3 Å².